The highest BCUT2D eigenvalue weighted by Gasteiger charge is 2.31. The van der Waals surface area contributed by atoms with E-state index >= 15 is 0 Å². The summed E-state index contributed by atoms with van der Waals surface area (Å²) in [5, 5.41) is -0.179. The molecule has 2 rings (SSSR count). The quantitative estimate of drug-likeness (QED) is 0.491. The lowest BCUT2D eigenvalue weighted by molar-refractivity contribution is -0.137. The molecule has 1 aliphatic heterocycles. The van der Waals surface area contributed by atoms with Crippen molar-refractivity contribution in [1.29, 1.82) is 0 Å². The molecule has 2 heterocycles. The van der Waals surface area contributed by atoms with Gasteiger partial charge in [-0.05, 0) is 6.07 Å². The molecule has 0 amide bonds. The van der Waals surface area contributed by atoms with Crippen LogP contribution >= 0.6 is 11.6 Å². The second-order valence-electron chi connectivity index (χ2n) is 5.05. The Labute approximate surface area is 142 Å². The molecule has 134 valence electrons. The Hall–Kier alpha value is -1.74. The van der Waals surface area contributed by atoms with E-state index in [4.69, 9.17) is 26.8 Å². The van der Waals surface area contributed by atoms with E-state index < -0.39 is 11.7 Å². The van der Waals surface area contributed by atoms with Gasteiger partial charge in [-0.2, -0.15) is 13.2 Å². The summed E-state index contributed by atoms with van der Waals surface area (Å²) in [6, 6.07) is 0.790. The molecule has 0 unspecified atom stereocenters. The first-order valence-electron chi connectivity index (χ1n) is 7.36. The zero-order chi connectivity index (χ0) is 17.6. The Morgan fingerprint density at radius 2 is 2.12 bits per heavy atom. The summed E-state index contributed by atoms with van der Waals surface area (Å²) in [6.07, 6.45) is -3.26. The number of hydrogen-bond acceptors (Lipinski definition) is 4. The maximum Gasteiger partial charge on any atom is 0.417 e. The fourth-order valence-corrected chi connectivity index (χ4v) is 2.23. The standard InChI is InChI=1S/C14H18ClF3N4O2/c15-11-8-10(14(16,17)18)9-21-12(11)24-5-1-2-20-13(19)22-3-6-23-7-4-22/h8-9H,1-7H2,(H2,19,20). The lowest BCUT2D eigenvalue weighted by Gasteiger charge is -2.27. The van der Waals surface area contributed by atoms with E-state index in [9.17, 15) is 13.2 Å². The van der Waals surface area contributed by atoms with Gasteiger partial charge in [-0.15, -0.1) is 0 Å². The van der Waals surface area contributed by atoms with E-state index in [0.29, 0.717) is 51.4 Å². The van der Waals surface area contributed by atoms with E-state index in [2.05, 4.69) is 9.98 Å². The number of alkyl halides is 3. The van der Waals surface area contributed by atoms with Crippen molar-refractivity contribution in [2.75, 3.05) is 39.5 Å². The number of halogens is 4. The summed E-state index contributed by atoms with van der Waals surface area (Å²) in [5.74, 6) is 0.416. The Kier molecular flexibility index (Phi) is 6.50. The molecule has 1 fully saturated rings. The van der Waals surface area contributed by atoms with Crippen molar-refractivity contribution >= 4 is 17.6 Å². The third-order valence-electron chi connectivity index (χ3n) is 3.28. The van der Waals surface area contributed by atoms with Gasteiger partial charge in [-0.3, -0.25) is 4.99 Å². The van der Waals surface area contributed by atoms with Crippen LogP contribution in [0.3, 0.4) is 0 Å². The topological polar surface area (TPSA) is 73.0 Å². The van der Waals surface area contributed by atoms with Crippen LogP contribution in [0.5, 0.6) is 5.88 Å². The van der Waals surface area contributed by atoms with Crippen LogP contribution in [-0.4, -0.2) is 55.3 Å². The molecule has 10 heteroatoms. The number of pyridine rings is 1. The van der Waals surface area contributed by atoms with Crippen molar-refractivity contribution in [2.24, 2.45) is 10.7 Å². The first-order valence-corrected chi connectivity index (χ1v) is 7.74. The van der Waals surface area contributed by atoms with Crippen molar-refractivity contribution in [1.82, 2.24) is 9.88 Å². The number of ether oxygens (including phenoxy) is 2. The number of guanidine groups is 1. The smallest absolute Gasteiger partial charge is 0.417 e. The van der Waals surface area contributed by atoms with Crippen molar-refractivity contribution < 1.29 is 22.6 Å². The van der Waals surface area contributed by atoms with Crippen molar-refractivity contribution in [3.63, 3.8) is 0 Å². The zero-order valence-electron chi connectivity index (χ0n) is 12.9. The molecular formula is C14H18ClF3N4O2. The molecule has 1 aliphatic rings. The highest BCUT2D eigenvalue weighted by molar-refractivity contribution is 6.31. The predicted molar refractivity (Wildman–Crippen MR) is 83.2 cm³/mol. The van der Waals surface area contributed by atoms with Gasteiger partial charge in [0.15, 0.2) is 5.96 Å². The average molecular weight is 367 g/mol. The van der Waals surface area contributed by atoms with Crippen molar-refractivity contribution in [2.45, 2.75) is 12.6 Å². The molecule has 0 spiro atoms. The van der Waals surface area contributed by atoms with E-state index in [1.54, 1.807) is 0 Å². The van der Waals surface area contributed by atoms with Crippen molar-refractivity contribution in [3.8, 4) is 5.88 Å². The van der Waals surface area contributed by atoms with Gasteiger partial charge in [0.05, 0.1) is 25.4 Å². The largest absolute Gasteiger partial charge is 0.477 e. The summed E-state index contributed by atoms with van der Waals surface area (Å²) in [4.78, 5) is 9.75. The van der Waals surface area contributed by atoms with Crippen LogP contribution < -0.4 is 10.5 Å². The second-order valence-corrected chi connectivity index (χ2v) is 5.46. The fraction of sp³-hybridized carbons (Fsp3) is 0.571. The summed E-state index contributed by atoms with van der Waals surface area (Å²) in [5.41, 5.74) is 4.95. The van der Waals surface area contributed by atoms with Gasteiger partial charge in [-0.25, -0.2) is 4.98 Å². The van der Waals surface area contributed by atoms with Crippen LogP contribution in [0, 0.1) is 0 Å². The molecule has 0 aromatic carbocycles. The van der Waals surface area contributed by atoms with E-state index in [0.717, 1.165) is 6.07 Å². The third-order valence-corrected chi connectivity index (χ3v) is 3.56. The predicted octanol–water partition coefficient (Wildman–Crippen LogP) is 2.17. The van der Waals surface area contributed by atoms with Crippen LogP contribution in [0.4, 0.5) is 13.2 Å². The molecule has 0 radical (unpaired) electrons. The summed E-state index contributed by atoms with van der Waals surface area (Å²) in [6.45, 7) is 3.31. The van der Waals surface area contributed by atoms with Gasteiger partial charge in [-0.1, -0.05) is 11.6 Å². The summed E-state index contributed by atoms with van der Waals surface area (Å²) < 4.78 is 48.0. The Bertz CT molecular complexity index is 578. The second kappa shape index (κ2) is 8.39. The number of morpholine rings is 1. The number of nitrogens with two attached hydrogens (primary N) is 1. The van der Waals surface area contributed by atoms with Crippen molar-refractivity contribution in [3.05, 3.63) is 22.8 Å². The monoisotopic (exact) mass is 366 g/mol. The first kappa shape index (κ1) is 18.6. The molecular weight excluding hydrogens is 349 g/mol. The van der Waals surface area contributed by atoms with E-state index in [-0.39, 0.29) is 17.5 Å². The van der Waals surface area contributed by atoms with Gasteiger partial charge in [0.2, 0.25) is 5.88 Å². The lowest BCUT2D eigenvalue weighted by Crippen LogP contribution is -2.44. The molecule has 2 N–H and O–H groups in total. The van der Waals surface area contributed by atoms with Crippen LogP contribution in [0.15, 0.2) is 17.3 Å². The molecule has 0 atom stereocenters. The minimum atomic E-state index is -4.49. The van der Waals surface area contributed by atoms with Gasteiger partial charge >= 0.3 is 6.18 Å². The summed E-state index contributed by atoms with van der Waals surface area (Å²) >= 11 is 5.75. The maximum absolute atomic E-state index is 12.5. The van der Waals surface area contributed by atoms with Gasteiger partial charge in [0, 0.05) is 32.3 Å². The minimum Gasteiger partial charge on any atom is -0.477 e. The van der Waals surface area contributed by atoms with Crippen LogP contribution in [0.1, 0.15) is 12.0 Å². The SMILES string of the molecule is NC(=NCCCOc1ncc(C(F)(F)F)cc1Cl)N1CCOCC1. The Morgan fingerprint density at radius 1 is 1.42 bits per heavy atom. The molecule has 1 aromatic rings. The molecule has 24 heavy (non-hydrogen) atoms. The number of aromatic nitrogens is 1. The number of hydrogen-bond donors (Lipinski definition) is 1. The van der Waals surface area contributed by atoms with Gasteiger partial charge in [0.1, 0.15) is 5.02 Å². The highest BCUT2D eigenvalue weighted by atomic mass is 35.5. The molecule has 1 saturated heterocycles. The van der Waals surface area contributed by atoms with Gasteiger partial charge < -0.3 is 20.1 Å². The van der Waals surface area contributed by atoms with Crippen LogP contribution in [0.2, 0.25) is 5.02 Å². The van der Waals surface area contributed by atoms with E-state index in [1.807, 2.05) is 4.90 Å². The minimum absolute atomic E-state index is 0.0326. The third kappa shape index (κ3) is 5.41. The lowest BCUT2D eigenvalue weighted by atomic mass is 10.3. The number of rotatable bonds is 5. The zero-order valence-corrected chi connectivity index (χ0v) is 13.6. The molecule has 0 bridgehead atoms. The average Bonchev–Trinajstić information content (AvgIpc) is 2.55. The van der Waals surface area contributed by atoms with E-state index in [1.165, 1.54) is 0 Å². The Morgan fingerprint density at radius 3 is 2.75 bits per heavy atom. The maximum atomic E-state index is 12.5. The number of aliphatic imine (C=N–C) groups is 1. The van der Waals surface area contributed by atoms with Crippen LogP contribution in [-0.2, 0) is 10.9 Å². The highest BCUT2D eigenvalue weighted by Crippen LogP contribution is 2.33. The first-order chi connectivity index (χ1) is 11.4. The molecule has 1 aromatic heterocycles. The molecule has 0 saturated carbocycles. The molecule has 0 aliphatic carbocycles. The van der Waals surface area contributed by atoms with Crippen LogP contribution in [0.25, 0.3) is 0 Å². The Balaban J connectivity index is 1.76. The number of nitrogens with zero attached hydrogens (tertiary/aromatic N) is 3. The van der Waals surface area contributed by atoms with Gasteiger partial charge in [0.25, 0.3) is 0 Å². The molecule has 6 nitrogen and oxygen atoms in total. The summed E-state index contributed by atoms with van der Waals surface area (Å²) in [7, 11) is 0. The fourth-order valence-electron chi connectivity index (χ4n) is 2.01. The normalized spacial score (nSPS) is 16.3.